The lowest BCUT2D eigenvalue weighted by molar-refractivity contribution is 0.240. The van der Waals surface area contributed by atoms with Crippen LogP contribution in [0.1, 0.15) is 45.7 Å². The van der Waals surface area contributed by atoms with Gasteiger partial charge in [0.05, 0.1) is 10.6 Å². The molecule has 0 saturated carbocycles. The molecule has 0 aliphatic heterocycles. The van der Waals surface area contributed by atoms with Crippen LogP contribution < -0.4 is 10.1 Å². The summed E-state index contributed by atoms with van der Waals surface area (Å²) in [5.41, 5.74) is 1.28. The van der Waals surface area contributed by atoms with Gasteiger partial charge in [-0.05, 0) is 67.4 Å². The Labute approximate surface area is 113 Å². The first-order valence-electron chi connectivity index (χ1n) is 6.24. The average Bonchev–Trinajstić information content (AvgIpc) is 2.28. The Hall–Kier alpha value is -0.540. The van der Waals surface area contributed by atoms with Gasteiger partial charge in [-0.2, -0.15) is 0 Å². The minimum absolute atomic E-state index is 0.202. The van der Waals surface area contributed by atoms with Crippen LogP contribution in [0, 0.1) is 0 Å². The SMILES string of the molecule is CCCNC(C)c1ccc(OC(C)C)c(Br)c1. The lowest BCUT2D eigenvalue weighted by Crippen LogP contribution is -2.19. The molecule has 1 atom stereocenters. The van der Waals surface area contributed by atoms with E-state index in [-0.39, 0.29) is 6.10 Å². The van der Waals surface area contributed by atoms with E-state index in [0.29, 0.717) is 6.04 Å². The van der Waals surface area contributed by atoms with Gasteiger partial charge in [0.1, 0.15) is 5.75 Å². The maximum Gasteiger partial charge on any atom is 0.133 e. The molecule has 2 nitrogen and oxygen atoms in total. The first-order chi connectivity index (χ1) is 8.04. The summed E-state index contributed by atoms with van der Waals surface area (Å²) < 4.78 is 6.72. The van der Waals surface area contributed by atoms with Crippen LogP contribution in [0.25, 0.3) is 0 Å². The molecule has 3 heteroatoms. The minimum atomic E-state index is 0.202. The predicted molar refractivity (Wildman–Crippen MR) is 76.6 cm³/mol. The van der Waals surface area contributed by atoms with Crippen molar-refractivity contribution < 1.29 is 4.74 Å². The predicted octanol–water partition coefficient (Wildman–Crippen LogP) is 4.30. The molecule has 0 spiro atoms. The fourth-order valence-corrected chi connectivity index (χ4v) is 2.10. The average molecular weight is 300 g/mol. The summed E-state index contributed by atoms with van der Waals surface area (Å²) in [5.74, 6) is 0.909. The van der Waals surface area contributed by atoms with Gasteiger partial charge in [-0.1, -0.05) is 13.0 Å². The van der Waals surface area contributed by atoms with Crippen molar-refractivity contribution in [1.82, 2.24) is 5.32 Å². The maximum absolute atomic E-state index is 5.69. The molecule has 0 radical (unpaired) electrons. The van der Waals surface area contributed by atoms with Crippen LogP contribution >= 0.6 is 15.9 Å². The van der Waals surface area contributed by atoms with Crippen LogP contribution in [-0.2, 0) is 0 Å². The second kappa shape index (κ2) is 7.02. The highest BCUT2D eigenvalue weighted by molar-refractivity contribution is 9.10. The monoisotopic (exact) mass is 299 g/mol. The van der Waals surface area contributed by atoms with E-state index in [9.17, 15) is 0 Å². The topological polar surface area (TPSA) is 21.3 Å². The largest absolute Gasteiger partial charge is 0.490 e. The highest BCUT2D eigenvalue weighted by Gasteiger charge is 2.08. The van der Waals surface area contributed by atoms with Gasteiger partial charge in [0.25, 0.3) is 0 Å². The van der Waals surface area contributed by atoms with E-state index in [1.807, 2.05) is 19.9 Å². The van der Waals surface area contributed by atoms with Gasteiger partial charge < -0.3 is 10.1 Å². The number of nitrogens with one attached hydrogen (secondary N) is 1. The zero-order valence-electron chi connectivity index (χ0n) is 11.1. The molecule has 1 aromatic rings. The number of hydrogen-bond donors (Lipinski definition) is 1. The van der Waals surface area contributed by atoms with E-state index < -0.39 is 0 Å². The number of hydrogen-bond acceptors (Lipinski definition) is 2. The first kappa shape index (κ1) is 14.5. The third-order valence-electron chi connectivity index (χ3n) is 2.52. The highest BCUT2D eigenvalue weighted by atomic mass is 79.9. The summed E-state index contributed by atoms with van der Waals surface area (Å²) in [6, 6.07) is 6.66. The van der Waals surface area contributed by atoms with Crippen molar-refractivity contribution >= 4 is 15.9 Å². The fourth-order valence-electron chi connectivity index (χ4n) is 1.61. The van der Waals surface area contributed by atoms with Gasteiger partial charge >= 0.3 is 0 Å². The molecular weight excluding hydrogens is 278 g/mol. The number of benzene rings is 1. The Bertz CT molecular complexity index is 352. The van der Waals surface area contributed by atoms with Gasteiger partial charge in [-0.25, -0.2) is 0 Å². The van der Waals surface area contributed by atoms with E-state index in [4.69, 9.17) is 4.74 Å². The van der Waals surface area contributed by atoms with Crippen molar-refractivity contribution in [2.24, 2.45) is 0 Å². The van der Waals surface area contributed by atoms with Crippen LogP contribution in [0.5, 0.6) is 5.75 Å². The molecule has 1 aromatic carbocycles. The number of ether oxygens (including phenoxy) is 1. The van der Waals surface area contributed by atoms with Gasteiger partial charge in [0.15, 0.2) is 0 Å². The molecular formula is C14H22BrNO. The molecule has 1 rings (SSSR count). The molecule has 0 fully saturated rings. The zero-order chi connectivity index (χ0) is 12.8. The normalized spacial score (nSPS) is 12.8. The van der Waals surface area contributed by atoms with Crippen LogP contribution in [0.2, 0.25) is 0 Å². The van der Waals surface area contributed by atoms with Gasteiger partial charge in [0.2, 0.25) is 0 Å². The molecule has 0 aliphatic carbocycles. The summed E-state index contributed by atoms with van der Waals surface area (Å²) in [6.07, 6.45) is 1.35. The summed E-state index contributed by atoms with van der Waals surface area (Å²) >= 11 is 3.56. The summed E-state index contributed by atoms with van der Waals surface area (Å²) in [6.45, 7) is 9.47. The third-order valence-corrected chi connectivity index (χ3v) is 3.14. The van der Waals surface area contributed by atoms with Crippen molar-refractivity contribution in [2.45, 2.75) is 46.3 Å². The Morgan fingerprint density at radius 1 is 1.29 bits per heavy atom. The molecule has 0 heterocycles. The molecule has 0 aromatic heterocycles. The summed E-state index contributed by atoms with van der Waals surface area (Å²) in [7, 11) is 0. The second-order valence-corrected chi connectivity index (χ2v) is 5.39. The molecule has 0 aliphatic rings. The van der Waals surface area contributed by atoms with E-state index in [2.05, 4.69) is 47.2 Å². The van der Waals surface area contributed by atoms with Crippen LogP contribution in [-0.4, -0.2) is 12.6 Å². The van der Waals surface area contributed by atoms with Crippen molar-refractivity contribution in [3.05, 3.63) is 28.2 Å². The molecule has 0 amide bonds. The van der Waals surface area contributed by atoms with E-state index in [1.165, 1.54) is 5.56 Å². The molecule has 0 saturated heterocycles. The zero-order valence-corrected chi connectivity index (χ0v) is 12.7. The fraction of sp³-hybridized carbons (Fsp3) is 0.571. The Morgan fingerprint density at radius 3 is 2.53 bits per heavy atom. The summed E-state index contributed by atoms with van der Waals surface area (Å²) in [4.78, 5) is 0. The lowest BCUT2D eigenvalue weighted by Gasteiger charge is -2.16. The van der Waals surface area contributed by atoms with E-state index in [0.717, 1.165) is 23.2 Å². The molecule has 1 N–H and O–H groups in total. The van der Waals surface area contributed by atoms with Crippen molar-refractivity contribution in [2.75, 3.05) is 6.54 Å². The third kappa shape index (κ3) is 4.68. The van der Waals surface area contributed by atoms with Crippen molar-refractivity contribution in [1.29, 1.82) is 0 Å². The van der Waals surface area contributed by atoms with Crippen molar-refractivity contribution in [3.8, 4) is 5.75 Å². The maximum atomic E-state index is 5.69. The van der Waals surface area contributed by atoms with Crippen LogP contribution in [0.4, 0.5) is 0 Å². The lowest BCUT2D eigenvalue weighted by atomic mass is 10.1. The van der Waals surface area contributed by atoms with E-state index >= 15 is 0 Å². The number of halogens is 1. The second-order valence-electron chi connectivity index (χ2n) is 4.53. The van der Waals surface area contributed by atoms with Gasteiger partial charge in [0, 0.05) is 6.04 Å². The molecule has 1 unspecified atom stereocenters. The first-order valence-corrected chi connectivity index (χ1v) is 7.03. The minimum Gasteiger partial charge on any atom is -0.490 e. The Morgan fingerprint density at radius 2 is 2.00 bits per heavy atom. The van der Waals surface area contributed by atoms with Gasteiger partial charge in [-0.3, -0.25) is 0 Å². The van der Waals surface area contributed by atoms with E-state index in [1.54, 1.807) is 0 Å². The van der Waals surface area contributed by atoms with Crippen LogP contribution in [0.15, 0.2) is 22.7 Å². The number of rotatable bonds is 6. The van der Waals surface area contributed by atoms with Gasteiger partial charge in [-0.15, -0.1) is 0 Å². The smallest absolute Gasteiger partial charge is 0.133 e. The highest BCUT2D eigenvalue weighted by Crippen LogP contribution is 2.29. The Kier molecular flexibility index (Phi) is 6.00. The molecule has 17 heavy (non-hydrogen) atoms. The van der Waals surface area contributed by atoms with Crippen LogP contribution in [0.3, 0.4) is 0 Å². The molecule has 0 bridgehead atoms. The summed E-state index contributed by atoms with van der Waals surface area (Å²) in [5, 5.41) is 3.47. The Balaban J connectivity index is 2.73. The molecule has 96 valence electrons. The quantitative estimate of drug-likeness (QED) is 0.846. The standard InChI is InChI=1S/C14H22BrNO/c1-5-8-16-11(4)12-6-7-14(13(15)9-12)17-10(2)3/h6-7,9-11,16H,5,8H2,1-4H3. The van der Waals surface area contributed by atoms with Crippen molar-refractivity contribution in [3.63, 3.8) is 0 Å².